The fourth-order valence-corrected chi connectivity index (χ4v) is 5.73. The highest BCUT2D eigenvalue weighted by atomic mass is 19.1. The summed E-state index contributed by atoms with van der Waals surface area (Å²) in [4.78, 5) is 42.2. The number of hydrogen-bond donors (Lipinski definition) is 2. The van der Waals surface area contributed by atoms with E-state index in [0.29, 0.717) is 49.2 Å². The predicted octanol–water partition coefficient (Wildman–Crippen LogP) is 3.86. The van der Waals surface area contributed by atoms with Crippen LogP contribution in [0.15, 0.2) is 79.0 Å². The van der Waals surface area contributed by atoms with Crippen LogP contribution in [0.2, 0.25) is 0 Å². The number of benzene rings is 3. The number of halogens is 1. The van der Waals surface area contributed by atoms with Crippen LogP contribution in [-0.2, 0) is 16.9 Å². The molecule has 8 heteroatoms. The lowest BCUT2D eigenvalue weighted by molar-refractivity contribution is -0.125. The number of anilines is 1. The second-order valence-electron chi connectivity index (χ2n) is 10.1. The van der Waals surface area contributed by atoms with Crippen LogP contribution in [-0.4, -0.2) is 40.3 Å². The Balaban J connectivity index is 1.33. The van der Waals surface area contributed by atoms with Crippen molar-refractivity contribution < 1.29 is 23.9 Å². The van der Waals surface area contributed by atoms with Crippen LogP contribution in [0.25, 0.3) is 0 Å². The third-order valence-corrected chi connectivity index (χ3v) is 7.75. The summed E-state index contributed by atoms with van der Waals surface area (Å²) in [7, 11) is 0. The summed E-state index contributed by atoms with van der Waals surface area (Å²) in [6, 6.07) is 17.8. The molecule has 0 saturated carbocycles. The van der Waals surface area contributed by atoms with Crippen LogP contribution in [0.4, 0.5) is 10.1 Å². The molecule has 7 nitrogen and oxygen atoms in total. The molecule has 3 amide bonds. The number of aliphatic hydroxyl groups is 1. The highest BCUT2D eigenvalue weighted by molar-refractivity contribution is 6.23. The number of fused-ring (bicyclic) bond motifs is 2. The number of amides is 3. The zero-order valence-corrected chi connectivity index (χ0v) is 20.6. The molecule has 3 heterocycles. The minimum atomic E-state index is -1.39. The Morgan fingerprint density at radius 2 is 1.74 bits per heavy atom. The van der Waals surface area contributed by atoms with Crippen molar-refractivity contribution in [1.29, 1.82) is 0 Å². The quantitative estimate of drug-likeness (QED) is 0.520. The van der Waals surface area contributed by atoms with E-state index in [1.54, 1.807) is 30.3 Å². The molecule has 2 N–H and O–H groups in total. The Kier molecular flexibility index (Phi) is 5.65. The largest absolute Gasteiger partial charge is 0.380 e. The fourth-order valence-electron chi connectivity index (χ4n) is 5.73. The van der Waals surface area contributed by atoms with Gasteiger partial charge in [-0.1, -0.05) is 43.0 Å². The van der Waals surface area contributed by atoms with Crippen LogP contribution in [0.3, 0.4) is 0 Å². The lowest BCUT2D eigenvalue weighted by Crippen LogP contribution is -2.51. The highest BCUT2D eigenvalue weighted by Crippen LogP contribution is 2.44. The zero-order valence-electron chi connectivity index (χ0n) is 20.6. The van der Waals surface area contributed by atoms with Gasteiger partial charge in [0.2, 0.25) is 5.91 Å². The van der Waals surface area contributed by atoms with Crippen LogP contribution in [0.1, 0.15) is 56.7 Å². The first kappa shape index (κ1) is 24.1. The van der Waals surface area contributed by atoms with Crippen LogP contribution < -0.4 is 10.2 Å². The highest BCUT2D eigenvalue weighted by Gasteiger charge is 2.46. The summed E-state index contributed by atoms with van der Waals surface area (Å²) in [6.45, 7) is 4.83. The van der Waals surface area contributed by atoms with E-state index in [-0.39, 0.29) is 16.9 Å². The van der Waals surface area contributed by atoms with E-state index in [4.69, 9.17) is 0 Å². The molecule has 1 saturated heterocycles. The third-order valence-electron chi connectivity index (χ3n) is 7.75. The van der Waals surface area contributed by atoms with Crippen molar-refractivity contribution in [2.45, 2.75) is 37.5 Å². The van der Waals surface area contributed by atoms with Gasteiger partial charge >= 0.3 is 0 Å². The Hall–Kier alpha value is -4.30. The Morgan fingerprint density at radius 3 is 2.50 bits per heavy atom. The molecule has 0 radical (unpaired) electrons. The van der Waals surface area contributed by atoms with Crippen molar-refractivity contribution in [3.63, 3.8) is 0 Å². The van der Waals surface area contributed by atoms with Crippen LogP contribution in [0.5, 0.6) is 0 Å². The van der Waals surface area contributed by atoms with Gasteiger partial charge < -0.3 is 15.3 Å². The van der Waals surface area contributed by atoms with Gasteiger partial charge in [-0.05, 0) is 54.3 Å². The molecule has 3 aliphatic rings. The number of rotatable bonds is 4. The van der Waals surface area contributed by atoms with Crippen LogP contribution in [0, 0.1) is 5.82 Å². The molecule has 2 atom stereocenters. The van der Waals surface area contributed by atoms with E-state index in [0.717, 1.165) is 16.2 Å². The second-order valence-corrected chi connectivity index (χ2v) is 10.1. The summed E-state index contributed by atoms with van der Waals surface area (Å²) in [5, 5.41) is 14.7. The van der Waals surface area contributed by atoms with Crippen molar-refractivity contribution in [2.24, 2.45) is 0 Å². The molecule has 3 aliphatic heterocycles. The summed E-state index contributed by atoms with van der Waals surface area (Å²) in [6.07, 6.45) is 1.16. The number of imide groups is 1. The van der Waals surface area contributed by atoms with Crippen molar-refractivity contribution >= 4 is 23.4 Å². The van der Waals surface area contributed by atoms with E-state index in [2.05, 4.69) is 16.8 Å². The molecular formula is C30H26FN3O4. The van der Waals surface area contributed by atoms with Gasteiger partial charge in [-0.15, -0.1) is 0 Å². The maximum absolute atomic E-state index is 13.4. The van der Waals surface area contributed by atoms with E-state index in [1.165, 1.54) is 12.1 Å². The van der Waals surface area contributed by atoms with Crippen molar-refractivity contribution in [2.75, 3.05) is 11.4 Å². The summed E-state index contributed by atoms with van der Waals surface area (Å²) < 4.78 is 13.4. The van der Waals surface area contributed by atoms with Crippen molar-refractivity contribution in [3.8, 4) is 0 Å². The molecule has 0 spiro atoms. The van der Waals surface area contributed by atoms with Crippen molar-refractivity contribution in [3.05, 3.63) is 113 Å². The molecular weight excluding hydrogens is 485 g/mol. The molecule has 2 unspecified atom stereocenters. The second kappa shape index (κ2) is 8.92. The maximum atomic E-state index is 13.4. The average Bonchev–Trinajstić information content (AvgIpc) is 3.16. The average molecular weight is 512 g/mol. The van der Waals surface area contributed by atoms with Gasteiger partial charge in [0.15, 0.2) is 0 Å². The molecule has 0 aliphatic carbocycles. The number of nitrogens with zero attached hydrogens (tertiary/aromatic N) is 2. The molecule has 6 rings (SSSR count). The van der Waals surface area contributed by atoms with Gasteiger partial charge in [0.25, 0.3) is 11.8 Å². The van der Waals surface area contributed by atoms with E-state index in [9.17, 15) is 23.9 Å². The van der Waals surface area contributed by atoms with E-state index < -0.39 is 29.4 Å². The predicted molar refractivity (Wildman–Crippen MR) is 139 cm³/mol. The lowest BCUT2D eigenvalue weighted by atomic mass is 9.79. The molecule has 0 bridgehead atoms. The van der Waals surface area contributed by atoms with Gasteiger partial charge in [-0.3, -0.25) is 19.3 Å². The number of carbonyl (C=O) groups is 3. The van der Waals surface area contributed by atoms with Crippen LogP contribution >= 0.6 is 0 Å². The zero-order chi connectivity index (χ0) is 26.6. The lowest BCUT2D eigenvalue weighted by Gasteiger charge is -2.41. The molecule has 38 heavy (non-hydrogen) atoms. The summed E-state index contributed by atoms with van der Waals surface area (Å²) >= 11 is 0. The smallest absolute Gasteiger partial charge is 0.262 e. The Bertz CT molecular complexity index is 1500. The number of allylic oxidation sites excluding steroid dienone is 1. The Morgan fingerprint density at radius 1 is 1.00 bits per heavy atom. The molecule has 1 fully saturated rings. The van der Waals surface area contributed by atoms with Gasteiger partial charge in [0.1, 0.15) is 17.5 Å². The molecule has 3 aromatic carbocycles. The Labute approximate surface area is 219 Å². The molecule has 0 aromatic heterocycles. The fraction of sp³-hybridized carbons (Fsp3) is 0.233. The standard InChI is InChI=1S/C30H26FN3O4/c1-18-6-13-26(27(35)32-18)34-28(36)22-12-9-20(16-23(22)29(34)37)30(38)14-15-33(25-5-3-2-4-24(25)30)17-19-7-10-21(31)11-8-19/h2-5,7-12,16,26,38H,1,6,13-15,17H2,(H,32,35). The van der Waals surface area contributed by atoms with Crippen molar-refractivity contribution in [1.82, 2.24) is 10.2 Å². The number of para-hydroxylation sites is 1. The maximum Gasteiger partial charge on any atom is 0.262 e. The molecule has 192 valence electrons. The topological polar surface area (TPSA) is 90.0 Å². The van der Waals surface area contributed by atoms with Gasteiger partial charge in [-0.2, -0.15) is 0 Å². The minimum Gasteiger partial charge on any atom is -0.380 e. The SMILES string of the molecule is C=C1CCC(N2C(=O)c3ccc(C4(O)CCN(Cc5ccc(F)cc5)c5ccccc54)cc3C2=O)C(=O)N1. The minimum absolute atomic E-state index is 0.185. The summed E-state index contributed by atoms with van der Waals surface area (Å²) in [5.41, 5.74) is 2.57. The molecule has 3 aromatic rings. The first-order valence-electron chi connectivity index (χ1n) is 12.6. The number of carbonyl (C=O) groups excluding carboxylic acids is 3. The number of hydrogen-bond acceptors (Lipinski definition) is 5. The first-order valence-corrected chi connectivity index (χ1v) is 12.6. The third kappa shape index (κ3) is 3.80. The monoisotopic (exact) mass is 511 g/mol. The number of nitrogens with one attached hydrogen (secondary N) is 1. The van der Waals surface area contributed by atoms with E-state index >= 15 is 0 Å². The normalized spacial score (nSPS) is 22.8. The van der Waals surface area contributed by atoms with Gasteiger partial charge in [0, 0.05) is 36.5 Å². The summed E-state index contributed by atoms with van der Waals surface area (Å²) in [5.74, 6) is -1.76. The number of piperidine rings is 1. The van der Waals surface area contributed by atoms with E-state index in [1.807, 2.05) is 24.3 Å². The first-order chi connectivity index (χ1) is 18.3. The van der Waals surface area contributed by atoms with Gasteiger partial charge in [-0.25, -0.2) is 4.39 Å². The van der Waals surface area contributed by atoms with Gasteiger partial charge in [0.05, 0.1) is 11.1 Å².